The highest BCUT2D eigenvalue weighted by Crippen LogP contribution is 2.23. The van der Waals surface area contributed by atoms with Crippen LogP contribution in [-0.4, -0.2) is 21.9 Å². The second-order valence-corrected chi connectivity index (χ2v) is 7.00. The third-order valence-electron chi connectivity index (χ3n) is 4.77. The molecule has 1 aromatic carbocycles. The van der Waals surface area contributed by atoms with Gasteiger partial charge in [-0.25, -0.2) is 9.97 Å². The third-order valence-corrected chi connectivity index (χ3v) is 4.77. The summed E-state index contributed by atoms with van der Waals surface area (Å²) >= 11 is 0. The molecule has 0 saturated heterocycles. The summed E-state index contributed by atoms with van der Waals surface area (Å²) in [5.41, 5.74) is 4.63. The Balaban J connectivity index is 1.66. The minimum Gasteiger partial charge on any atom is -0.351 e. The molecule has 1 saturated carbocycles. The molecule has 5 heteroatoms. The van der Waals surface area contributed by atoms with E-state index < -0.39 is 0 Å². The molecular weight excluding hydrogens is 312 g/mol. The maximum atomic E-state index is 12.5. The largest absolute Gasteiger partial charge is 0.351 e. The fourth-order valence-corrected chi connectivity index (χ4v) is 3.51. The molecule has 1 aliphatic carbocycles. The number of carbonyl (C=O) groups excluding carboxylic acids is 1. The van der Waals surface area contributed by atoms with Gasteiger partial charge in [0, 0.05) is 24.1 Å². The number of anilines is 2. The zero-order valence-corrected chi connectivity index (χ0v) is 15.2. The Morgan fingerprint density at radius 3 is 2.20 bits per heavy atom. The number of aromatic nitrogens is 2. The lowest BCUT2D eigenvalue weighted by Gasteiger charge is -2.22. The van der Waals surface area contributed by atoms with E-state index in [1.807, 2.05) is 13.8 Å². The van der Waals surface area contributed by atoms with Gasteiger partial charge in [-0.15, -0.1) is 0 Å². The van der Waals surface area contributed by atoms with Crippen molar-refractivity contribution in [1.29, 1.82) is 0 Å². The topological polar surface area (TPSA) is 66.9 Å². The zero-order chi connectivity index (χ0) is 17.8. The first-order chi connectivity index (χ1) is 12.0. The molecule has 1 amide bonds. The van der Waals surface area contributed by atoms with Crippen molar-refractivity contribution in [2.75, 3.05) is 10.6 Å². The molecular formula is C20H26N4O. The number of carbonyl (C=O) groups is 1. The van der Waals surface area contributed by atoms with E-state index >= 15 is 0 Å². The molecule has 1 heterocycles. The van der Waals surface area contributed by atoms with Crippen LogP contribution >= 0.6 is 0 Å². The minimum atomic E-state index is -0.181. The highest BCUT2D eigenvalue weighted by Gasteiger charge is 2.15. The number of amides is 1. The van der Waals surface area contributed by atoms with Gasteiger partial charge in [-0.05, 0) is 44.7 Å². The van der Waals surface area contributed by atoms with Gasteiger partial charge in [0.1, 0.15) is 0 Å². The number of aryl methyl sites for hydroxylation is 3. The van der Waals surface area contributed by atoms with Gasteiger partial charge in [-0.3, -0.25) is 4.79 Å². The van der Waals surface area contributed by atoms with E-state index in [1.54, 1.807) is 12.4 Å². The molecule has 132 valence electrons. The number of nitrogens with zero attached hydrogens (tertiary/aromatic N) is 2. The van der Waals surface area contributed by atoms with Gasteiger partial charge < -0.3 is 10.6 Å². The van der Waals surface area contributed by atoms with Crippen molar-refractivity contribution in [2.45, 2.75) is 58.9 Å². The first-order valence-electron chi connectivity index (χ1n) is 9.00. The number of hydrogen-bond acceptors (Lipinski definition) is 4. The fourth-order valence-electron chi connectivity index (χ4n) is 3.51. The average molecular weight is 338 g/mol. The number of hydrogen-bond donors (Lipinski definition) is 2. The van der Waals surface area contributed by atoms with Crippen molar-refractivity contribution < 1.29 is 4.79 Å². The van der Waals surface area contributed by atoms with E-state index in [9.17, 15) is 4.79 Å². The van der Waals surface area contributed by atoms with E-state index in [0.717, 1.165) is 29.7 Å². The van der Waals surface area contributed by atoms with Gasteiger partial charge in [-0.1, -0.05) is 37.0 Å². The van der Waals surface area contributed by atoms with Crippen LogP contribution < -0.4 is 10.6 Å². The minimum absolute atomic E-state index is 0.181. The zero-order valence-electron chi connectivity index (χ0n) is 15.2. The van der Waals surface area contributed by atoms with Crippen LogP contribution in [0, 0.1) is 20.8 Å². The molecule has 0 radical (unpaired) electrons. The summed E-state index contributed by atoms with van der Waals surface area (Å²) in [4.78, 5) is 21.1. The van der Waals surface area contributed by atoms with Crippen molar-refractivity contribution in [3.8, 4) is 0 Å². The summed E-state index contributed by atoms with van der Waals surface area (Å²) in [5.74, 6) is 0.422. The Hall–Kier alpha value is -2.43. The van der Waals surface area contributed by atoms with Crippen molar-refractivity contribution >= 4 is 17.5 Å². The van der Waals surface area contributed by atoms with E-state index in [1.165, 1.54) is 24.8 Å². The lowest BCUT2D eigenvalue weighted by molar-refractivity contribution is 0.102. The van der Waals surface area contributed by atoms with E-state index in [4.69, 9.17) is 0 Å². The molecule has 2 N–H and O–H groups in total. The summed E-state index contributed by atoms with van der Waals surface area (Å²) in [6.07, 6.45) is 9.34. The molecule has 0 bridgehead atoms. The Morgan fingerprint density at radius 2 is 1.60 bits per heavy atom. The second kappa shape index (κ2) is 7.64. The van der Waals surface area contributed by atoms with Crippen LogP contribution in [0.2, 0.25) is 0 Å². The van der Waals surface area contributed by atoms with Crippen molar-refractivity contribution in [2.24, 2.45) is 0 Å². The third kappa shape index (κ3) is 4.35. The van der Waals surface area contributed by atoms with Crippen molar-refractivity contribution in [1.82, 2.24) is 9.97 Å². The van der Waals surface area contributed by atoms with Crippen LogP contribution in [0.4, 0.5) is 11.6 Å². The standard InChI is InChI=1S/C20H26N4O/c1-13-9-14(2)18(15(3)10-13)24-19(25)16-11-21-20(22-12-16)23-17-7-5-4-6-8-17/h9-12,17H,4-8H2,1-3H3,(H,24,25)(H,21,22,23). The van der Waals surface area contributed by atoms with Crippen molar-refractivity contribution in [3.63, 3.8) is 0 Å². The predicted molar refractivity (Wildman–Crippen MR) is 101 cm³/mol. The Labute approximate surface area is 149 Å². The fraction of sp³-hybridized carbons (Fsp3) is 0.450. The SMILES string of the molecule is Cc1cc(C)c(NC(=O)c2cnc(NC3CCCCC3)nc2)c(C)c1. The first kappa shape index (κ1) is 17.4. The maximum Gasteiger partial charge on any atom is 0.258 e. The van der Waals surface area contributed by atoms with Crippen LogP contribution in [0.1, 0.15) is 59.2 Å². The summed E-state index contributed by atoms with van der Waals surface area (Å²) in [5, 5.41) is 6.35. The lowest BCUT2D eigenvalue weighted by atomic mass is 9.96. The molecule has 25 heavy (non-hydrogen) atoms. The molecule has 3 rings (SSSR count). The quantitative estimate of drug-likeness (QED) is 0.867. The number of rotatable bonds is 4. The molecule has 0 spiro atoms. The summed E-state index contributed by atoms with van der Waals surface area (Å²) in [6.45, 7) is 6.06. The highest BCUT2D eigenvalue weighted by atomic mass is 16.1. The smallest absolute Gasteiger partial charge is 0.258 e. The van der Waals surface area contributed by atoms with E-state index in [-0.39, 0.29) is 5.91 Å². The monoisotopic (exact) mass is 338 g/mol. The summed E-state index contributed by atoms with van der Waals surface area (Å²) < 4.78 is 0. The Kier molecular flexibility index (Phi) is 5.31. The van der Waals surface area contributed by atoms with Gasteiger partial charge in [0.2, 0.25) is 5.95 Å². The van der Waals surface area contributed by atoms with E-state index in [2.05, 4.69) is 39.7 Å². The number of nitrogens with one attached hydrogen (secondary N) is 2. The highest BCUT2D eigenvalue weighted by molar-refractivity contribution is 6.04. The Morgan fingerprint density at radius 1 is 1.00 bits per heavy atom. The van der Waals surface area contributed by atoms with Crippen LogP contribution in [0.15, 0.2) is 24.5 Å². The van der Waals surface area contributed by atoms with Gasteiger partial charge in [0.15, 0.2) is 0 Å². The molecule has 1 aliphatic rings. The maximum absolute atomic E-state index is 12.5. The average Bonchev–Trinajstić information content (AvgIpc) is 2.59. The second-order valence-electron chi connectivity index (χ2n) is 7.00. The molecule has 0 aliphatic heterocycles. The normalized spacial score (nSPS) is 15.0. The number of benzene rings is 1. The molecule has 0 unspecified atom stereocenters. The lowest BCUT2D eigenvalue weighted by Crippen LogP contribution is -2.23. The Bertz CT molecular complexity index is 726. The molecule has 1 fully saturated rings. The molecule has 2 aromatic rings. The summed E-state index contributed by atoms with van der Waals surface area (Å²) in [6, 6.07) is 4.58. The van der Waals surface area contributed by atoms with Crippen LogP contribution in [-0.2, 0) is 0 Å². The predicted octanol–water partition coefficient (Wildman–Crippen LogP) is 4.40. The van der Waals surface area contributed by atoms with Crippen LogP contribution in [0.5, 0.6) is 0 Å². The van der Waals surface area contributed by atoms with Crippen LogP contribution in [0.3, 0.4) is 0 Å². The summed E-state index contributed by atoms with van der Waals surface area (Å²) in [7, 11) is 0. The van der Waals surface area contributed by atoms with E-state index in [0.29, 0.717) is 17.6 Å². The molecule has 1 aromatic heterocycles. The van der Waals surface area contributed by atoms with Gasteiger partial charge in [-0.2, -0.15) is 0 Å². The molecule has 5 nitrogen and oxygen atoms in total. The van der Waals surface area contributed by atoms with Gasteiger partial charge in [0.05, 0.1) is 5.56 Å². The molecule has 0 atom stereocenters. The van der Waals surface area contributed by atoms with Crippen molar-refractivity contribution in [3.05, 3.63) is 46.8 Å². The van der Waals surface area contributed by atoms with Crippen LogP contribution in [0.25, 0.3) is 0 Å². The van der Waals surface area contributed by atoms with Gasteiger partial charge in [0.25, 0.3) is 5.91 Å². The van der Waals surface area contributed by atoms with Gasteiger partial charge >= 0.3 is 0 Å². The first-order valence-corrected chi connectivity index (χ1v) is 9.00.